The molecule has 0 aliphatic heterocycles. The molecule has 0 bridgehead atoms. The van der Waals surface area contributed by atoms with E-state index in [-0.39, 0.29) is 7.43 Å². The first-order chi connectivity index (χ1) is 7.13. The third-order valence-corrected chi connectivity index (χ3v) is 2.64. The molecule has 0 saturated heterocycles. The summed E-state index contributed by atoms with van der Waals surface area (Å²) in [6, 6.07) is 0. The van der Waals surface area contributed by atoms with Crippen molar-refractivity contribution in [2.24, 2.45) is 11.8 Å². The molecule has 0 aromatic carbocycles. The monoisotopic (exact) mass is 230 g/mol. The smallest absolute Gasteiger partial charge is 0.0466 e. The fraction of sp³-hybridized carbons (Fsp3) is 1.00. The molecule has 0 rings (SSSR count). The lowest BCUT2D eigenvalue weighted by Crippen LogP contribution is -1.99. The van der Waals surface area contributed by atoms with Crippen LogP contribution in [0.15, 0.2) is 0 Å². The molecule has 0 amide bonds. The molecule has 0 fully saturated rings. The molecule has 0 unspecified atom stereocenters. The lowest BCUT2D eigenvalue weighted by molar-refractivity contribution is 0.124. The molecule has 0 saturated carbocycles. The van der Waals surface area contributed by atoms with E-state index in [2.05, 4.69) is 27.7 Å². The van der Waals surface area contributed by atoms with Crippen LogP contribution in [0, 0.1) is 11.8 Å². The highest BCUT2D eigenvalue weighted by Gasteiger charge is 1.96. The summed E-state index contributed by atoms with van der Waals surface area (Å²) in [7, 11) is 0. The molecule has 0 aromatic heterocycles. The normalized spacial score (nSPS) is 10.9. The van der Waals surface area contributed by atoms with Crippen LogP contribution in [0.1, 0.15) is 73.6 Å². The molecule has 0 atom stereocenters. The molecule has 0 aliphatic rings. The van der Waals surface area contributed by atoms with Gasteiger partial charge in [-0.3, -0.25) is 0 Å². The van der Waals surface area contributed by atoms with Crippen LogP contribution in [0.2, 0.25) is 0 Å². The third kappa shape index (κ3) is 16.4. The van der Waals surface area contributed by atoms with Crippen molar-refractivity contribution in [3.63, 3.8) is 0 Å². The highest BCUT2D eigenvalue weighted by Crippen LogP contribution is 2.07. The van der Waals surface area contributed by atoms with Crippen molar-refractivity contribution in [2.45, 2.75) is 73.6 Å². The summed E-state index contributed by atoms with van der Waals surface area (Å²) in [5.41, 5.74) is 0. The van der Waals surface area contributed by atoms with Crippen molar-refractivity contribution in [3.8, 4) is 0 Å². The van der Waals surface area contributed by atoms with Gasteiger partial charge in [-0.1, -0.05) is 60.8 Å². The molecule has 16 heavy (non-hydrogen) atoms. The third-order valence-electron chi connectivity index (χ3n) is 2.64. The van der Waals surface area contributed by atoms with Gasteiger partial charge in [-0.15, -0.1) is 0 Å². The molecule has 0 aromatic rings. The lowest BCUT2D eigenvalue weighted by atomic mass is 10.1. The Hall–Kier alpha value is -0.0400. The molecular weight excluding hydrogens is 196 g/mol. The van der Waals surface area contributed by atoms with E-state index in [1.807, 2.05) is 0 Å². The van der Waals surface area contributed by atoms with Gasteiger partial charge in [-0.2, -0.15) is 0 Å². The van der Waals surface area contributed by atoms with Crippen LogP contribution in [0.3, 0.4) is 0 Å². The van der Waals surface area contributed by atoms with Gasteiger partial charge in [0, 0.05) is 13.2 Å². The predicted molar refractivity (Wildman–Crippen MR) is 74.9 cm³/mol. The van der Waals surface area contributed by atoms with Crippen molar-refractivity contribution in [1.29, 1.82) is 0 Å². The van der Waals surface area contributed by atoms with E-state index in [1.165, 1.54) is 38.5 Å². The van der Waals surface area contributed by atoms with Gasteiger partial charge in [0.1, 0.15) is 0 Å². The maximum Gasteiger partial charge on any atom is 0.0466 e. The molecule has 100 valence electrons. The standard InChI is InChI=1S/C14H30O.CH4/c1-13(2)9-5-7-11-15-12-8-6-10-14(3)4;/h13-14H,5-12H2,1-4H3;1H4. The summed E-state index contributed by atoms with van der Waals surface area (Å²) in [4.78, 5) is 0. The number of hydrogen-bond acceptors (Lipinski definition) is 1. The maximum absolute atomic E-state index is 5.60. The van der Waals surface area contributed by atoms with Gasteiger partial charge in [0.15, 0.2) is 0 Å². The molecular formula is C15H34O. The second-order valence-electron chi connectivity index (χ2n) is 5.39. The number of ether oxygens (including phenoxy) is 1. The molecule has 0 heterocycles. The maximum atomic E-state index is 5.60. The number of unbranched alkanes of at least 4 members (excludes halogenated alkanes) is 2. The Morgan fingerprint density at radius 1 is 0.688 bits per heavy atom. The van der Waals surface area contributed by atoms with Gasteiger partial charge in [-0.05, 0) is 24.7 Å². The van der Waals surface area contributed by atoms with Crippen LogP contribution in [0.5, 0.6) is 0 Å². The first-order valence-electron chi connectivity index (χ1n) is 6.70. The first kappa shape index (κ1) is 18.3. The number of rotatable bonds is 10. The summed E-state index contributed by atoms with van der Waals surface area (Å²) >= 11 is 0. The average molecular weight is 230 g/mol. The minimum absolute atomic E-state index is 0. The van der Waals surface area contributed by atoms with Gasteiger partial charge in [-0.25, -0.2) is 0 Å². The zero-order valence-electron chi connectivity index (χ0n) is 11.2. The van der Waals surface area contributed by atoms with Crippen molar-refractivity contribution in [1.82, 2.24) is 0 Å². The fourth-order valence-electron chi connectivity index (χ4n) is 1.62. The Morgan fingerprint density at radius 3 is 1.38 bits per heavy atom. The molecule has 0 spiro atoms. The van der Waals surface area contributed by atoms with Gasteiger partial charge in [0.2, 0.25) is 0 Å². The van der Waals surface area contributed by atoms with Gasteiger partial charge in [0.25, 0.3) is 0 Å². The van der Waals surface area contributed by atoms with Crippen molar-refractivity contribution >= 4 is 0 Å². The van der Waals surface area contributed by atoms with E-state index in [0.717, 1.165) is 25.0 Å². The van der Waals surface area contributed by atoms with Crippen LogP contribution in [0.4, 0.5) is 0 Å². The van der Waals surface area contributed by atoms with Crippen molar-refractivity contribution in [3.05, 3.63) is 0 Å². The lowest BCUT2D eigenvalue weighted by Gasteiger charge is -2.06. The van der Waals surface area contributed by atoms with E-state index in [9.17, 15) is 0 Å². The zero-order valence-corrected chi connectivity index (χ0v) is 11.2. The molecule has 1 nitrogen and oxygen atoms in total. The SMILES string of the molecule is C.CC(C)CCCCOCCCCC(C)C. The second-order valence-corrected chi connectivity index (χ2v) is 5.39. The summed E-state index contributed by atoms with van der Waals surface area (Å²) in [5.74, 6) is 1.69. The molecule has 0 aliphatic carbocycles. The Morgan fingerprint density at radius 2 is 1.06 bits per heavy atom. The van der Waals surface area contributed by atoms with Crippen LogP contribution in [-0.4, -0.2) is 13.2 Å². The largest absolute Gasteiger partial charge is 0.381 e. The quantitative estimate of drug-likeness (QED) is 0.463. The Labute approximate surface area is 104 Å². The van der Waals surface area contributed by atoms with Crippen molar-refractivity contribution < 1.29 is 4.74 Å². The Balaban J connectivity index is 0. The fourth-order valence-corrected chi connectivity index (χ4v) is 1.62. The molecule has 0 N–H and O–H groups in total. The van der Waals surface area contributed by atoms with E-state index in [4.69, 9.17) is 4.74 Å². The van der Waals surface area contributed by atoms with Crippen LogP contribution in [-0.2, 0) is 4.74 Å². The minimum atomic E-state index is 0. The summed E-state index contributed by atoms with van der Waals surface area (Å²) in [5, 5.41) is 0. The molecule has 0 radical (unpaired) electrons. The van der Waals surface area contributed by atoms with E-state index >= 15 is 0 Å². The summed E-state index contributed by atoms with van der Waals surface area (Å²) < 4.78 is 5.60. The summed E-state index contributed by atoms with van der Waals surface area (Å²) in [6.07, 6.45) is 7.81. The van der Waals surface area contributed by atoms with Crippen LogP contribution >= 0.6 is 0 Å². The summed E-state index contributed by atoms with van der Waals surface area (Å²) in [6.45, 7) is 11.1. The van der Waals surface area contributed by atoms with Gasteiger partial charge < -0.3 is 4.74 Å². The minimum Gasteiger partial charge on any atom is -0.381 e. The van der Waals surface area contributed by atoms with E-state index in [1.54, 1.807) is 0 Å². The van der Waals surface area contributed by atoms with Crippen molar-refractivity contribution in [2.75, 3.05) is 13.2 Å². The van der Waals surface area contributed by atoms with Gasteiger partial charge >= 0.3 is 0 Å². The Bertz CT molecular complexity index is 105. The van der Waals surface area contributed by atoms with Gasteiger partial charge in [0.05, 0.1) is 0 Å². The van der Waals surface area contributed by atoms with E-state index < -0.39 is 0 Å². The topological polar surface area (TPSA) is 9.23 Å². The Kier molecular flexibility index (Phi) is 14.9. The number of hydrogen-bond donors (Lipinski definition) is 0. The van der Waals surface area contributed by atoms with Crippen LogP contribution < -0.4 is 0 Å². The first-order valence-corrected chi connectivity index (χ1v) is 6.70. The average Bonchev–Trinajstić information content (AvgIpc) is 2.14. The second kappa shape index (κ2) is 13.0. The predicted octanol–water partition coefficient (Wildman–Crippen LogP) is 5.29. The van der Waals surface area contributed by atoms with E-state index in [0.29, 0.717) is 0 Å². The highest BCUT2D eigenvalue weighted by molar-refractivity contribution is 4.48. The molecule has 1 heteroatoms. The van der Waals surface area contributed by atoms with Crippen LogP contribution in [0.25, 0.3) is 0 Å². The zero-order chi connectivity index (χ0) is 11.5. The highest BCUT2D eigenvalue weighted by atomic mass is 16.5.